The van der Waals surface area contributed by atoms with Gasteiger partial charge in [-0.1, -0.05) is 18.6 Å². The van der Waals surface area contributed by atoms with Crippen molar-refractivity contribution in [1.82, 2.24) is 14.7 Å². The molecule has 0 radical (unpaired) electrons. The first-order valence-corrected chi connectivity index (χ1v) is 9.09. The van der Waals surface area contributed by atoms with Crippen LogP contribution in [0.15, 0.2) is 12.2 Å². The number of nitrogens with zero attached hydrogens (tertiary/aromatic N) is 3. The summed E-state index contributed by atoms with van der Waals surface area (Å²) in [5, 5.41) is 0. The number of hydrogen-bond acceptors (Lipinski definition) is 4. The second-order valence-corrected chi connectivity index (χ2v) is 7.64. The van der Waals surface area contributed by atoms with E-state index in [4.69, 9.17) is 4.74 Å². The van der Waals surface area contributed by atoms with Gasteiger partial charge in [-0.25, -0.2) is 4.79 Å². The van der Waals surface area contributed by atoms with Gasteiger partial charge in [-0.05, 0) is 45.2 Å². The molecular formula is C18H31N3O2. The van der Waals surface area contributed by atoms with Crippen LogP contribution in [0.2, 0.25) is 0 Å². The second-order valence-electron chi connectivity index (χ2n) is 7.64. The van der Waals surface area contributed by atoms with E-state index < -0.39 is 0 Å². The Labute approximate surface area is 140 Å². The molecular weight excluding hydrogens is 290 g/mol. The lowest BCUT2D eigenvalue weighted by Crippen LogP contribution is -2.34. The molecule has 3 fully saturated rings. The monoisotopic (exact) mass is 321 g/mol. The number of carbonyl (C=O) groups excluding carboxylic acids is 1. The lowest BCUT2D eigenvalue weighted by Gasteiger charge is -2.20. The van der Waals surface area contributed by atoms with Crippen molar-refractivity contribution in [3.8, 4) is 0 Å². The highest BCUT2D eigenvalue weighted by Gasteiger charge is 2.39. The average molecular weight is 321 g/mol. The molecule has 2 aliphatic heterocycles. The third-order valence-corrected chi connectivity index (χ3v) is 5.48. The Balaban J connectivity index is 1.36. The van der Waals surface area contributed by atoms with Crippen LogP contribution in [0.3, 0.4) is 0 Å². The number of carbonyl (C=O) groups is 1. The van der Waals surface area contributed by atoms with Gasteiger partial charge in [0.25, 0.3) is 0 Å². The van der Waals surface area contributed by atoms with Crippen LogP contribution < -0.4 is 0 Å². The Morgan fingerprint density at radius 2 is 1.87 bits per heavy atom. The molecule has 0 aromatic heterocycles. The van der Waals surface area contributed by atoms with Crippen LogP contribution in [-0.4, -0.2) is 80.3 Å². The van der Waals surface area contributed by atoms with Crippen LogP contribution >= 0.6 is 0 Å². The topological polar surface area (TPSA) is 36.0 Å². The van der Waals surface area contributed by atoms with Crippen molar-refractivity contribution < 1.29 is 9.53 Å². The Bertz CT molecular complexity index is 426. The van der Waals surface area contributed by atoms with Gasteiger partial charge in [-0.2, -0.15) is 0 Å². The first-order valence-electron chi connectivity index (χ1n) is 9.09. The van der Waals surface area contributed by atoms with Crippen molar-refractivity contribution in [3.63, 3.8) is 0 Å². The van der Waals surface area contributed by atoms with Gasteiger partial charge in [0.05, 0.1) is 0 Å². The van der Waals surface area contributed by atoms with Gasteiger partial charge < -0.3 is 14.5 Å². The highest BCUT2D eigenvalue weighted by molar-refractivity contribution is 5.68. The lowest BCUT2D eigenvalue weighted by molar-refractivity contribution is 0.0703. The second kappa shape index (κ2) is 7.67. The predicted molar refractivity (Wildman–Crippen MR) is 91.4 cm³/mol. The van der Waals surface area contributed by atoms with E-state index in [1.54, 1.807) is 0 Å². The number of rotatable bonds is 5. The number of ether oxygens (including phenoxy) is 1. The third-order valence-electron chi connectivity index (χ3n) is 5.48. The number of amides is 1. The van der Waals surface area contributed by atoms with Gasteiger partial charge in [0.2, 0.25) is 0 Å². The molecule has 2 saturated heterocycles. The van der Waals surface area contributed by atoms with Gasteiger partial charge in [0.15, 0.2) is 0 Å². The number of likely N-dealkylation sites (tertiary alicyclic amines) is 2. The quantitative estimate of drug-likeness (QED) is 0.726. The van der Waals surface area contributed by atoms with Crippen molar-refractivity contribution in [1.29, 1.82) is 0 Å². The van der Waals surface area contributed by atoms with Crippen molar-refractivity contribution in [2.75, 3.05) is 53.4 Å². The van der Waals surface area contributed by atoms with Crippen molar-refractivity contribution in [3.05, 3.63) is 12.2 Å². The fourth-order valence-electron chi connectivity index (χ4n) is 4.17. The first kappa shape index (κ1) is 16.8. The normalized spacial score (nSPS) is 31.4. The zero-order valence-corrected chi connectivity index (χ0v) is 14.6. The smallest absolute Gasteiger partial charge is 0.410 e. The van der Waals surface area contributed by atoms with E-state index in [9.17, 15) is 4.79 Å². The first-order chi connectivity index (χ1) is 11.1. The molecule has 5 nitrogen and oxygen atoms in total. The SMILES string of the molecule is CN(C)C/C=C/CN1CCC(OC(=O)N2CC3CCCC3C2)C1. The maximum atomic E-state index is 12.3. The van der Waals surface area contributed by atoms with Crippen molar-refractivity contribution in [2.24, 2.45) is 11.8 Å². The summed E-state index contributed by atoms with van der Waals surface area (Å²) in [7, 11) is 4.14. The zero-order valence-electron chi connectivity index (χ0n) is 14.6. The Hall–Kier alpha value is -1.07. The number of hydrogen-bond donors (Lipinski definition) is 0. The van der Waals surface area contributed by atoms with E-state index in [2.05, 4.69) is 36.0 Å². The van der Waals surface area contributed by atoms with Gasteiger partial charge >= 0.3 is 6.09 Å². The van der Waals surface area contributed by atoms with Gasteiger partial charge in [0, 0.05) is 39.3 Å². The number of likely N-dealkylation sites (N-methyl/N-ethyl adjacent to an activating group) is 1. The molecule has 130 valence electrons. The maximum absolute atomic E-state index is 12.3. The largest absolute Gasteiger partial charge is 0.445 e. The zero-order chi connectivity index (χ0) is 16.2. The van der Waals surface area contributed by atoms with E-state index in [0.29, 0.717) is 0 Å². The lowest BCUT2D eigenvalue weighted by atomic mass is 10.0. The molecule has 5 heteroatoms. The molecule has 1 amide bonds. The Morgan fingerprint density at radius 1 is 1.13 bits per heavy atom. The molecule has 1 aliphatic carbocycles. The molecule has 23 heavy (non-hydrogen) atoms. The highest BCUT2D eigenvalue weighted by Crippen LogP contribution is 2.38. The fraction of sp³-hybridized carbons (Fsp3) is 0.833. The predicted octanol–water partition coefficient (Wildman–Crippen LogP) is 2.05. The van der Waals surface area contributed by atoms with Crippen LogP contribution in [0.1, 0.15) is 25.7 Å². The molecule has 2 heterocycles. The summed E-state index contributed by atoms with van der Waals surface area (Å²) < 4.78 is 5.75. The number of fused-ring (bicyclic) bond motifs is 1. The van der Waals surface area contributed by atoms with Crippen molar-refractivity contribution >= 4 is 6.09 Å². The minimum atomic E-state index is -0.0746. The molecule has 0 N–H and O–H groups in total. The molecule has 0 aromatic rings. The minimum absolute atomic E-state index is 0.0742. The summed E-state index contributed by atoms with van der Waals surface area (Å²) in [6.07, 6.45) is 9.31. The molecule has 3 atom stereocenters. The third kappa shape index (κ3) is 4.48. The average Bonchev–Trinajstić information content (AvgIpc) is 3.18. The summed E-state index contributed by atoms with van der Waals surface area (Å²) in [6, 6.07) is 0. The summed E-state index contributed by atoms with van der Waals surface area (Å²) in [4.78, 5) is 18.8. The van der Waals surface area contributed by atoms with Crippen LogP contribution in [0, 0.1) is 11.8 Å². The summed E-state index contributed by atoms with van der Waals surface area (Å²) in [6.45, 7) is 5.67. The maximum Gasteiger partial charge on any atom is 0.410 e. The fourth-order valence-corrected chi connectivity index (χ4v) is 4.17. The molecule has 0 bridgehead atoms. The molecule has 1 saturated carbocycles. The van der Waals surface area contributed by atoms with Crippen LogP contribution in [0.4, 0.5) is 4.79 Å². The molecule has 0 spiro atoms. The summed E-state index contributed by atoms with van der Waals surface area (Å²) in [5.41, 5.74) is 0. The van der Waals surface area contributed by atoms with Gasteiger partial charge in [-0.15, -0.1) is 0 Å². The molecule has 3 aliphatic rings. The minimum Gasteiger partial charge on any atom is -0.445 e. The van der Waals surface area contributed by atoms with Crippen LogP contribution in [-0.2, 0) is 4.74 Å². The molecule has 3 rings (SSSR count). The summed E-state index contributed by atoms with van der Waals surface area (Å²) >= 11 is 0. The van der Waals surface area contributed by atoms with Crippen LogP contribution in [0.25, 0.3) is 0 Å². The highest BCUT2D eigenvalue weighted by atomic mass is 16.6. The van der Waals surface area contributed by atoms with Gasteiger partial charge in [0.1, 0.15) is 6.10 Å². The molecule has 0 aromatic carbocycles. The van der Waals surface area contributed by atoms with E-state index >= 15 is 0 Å². The van der Waals surface area contributed by atoms with Crippen LogP contribution in [0.5, 0.6) is 0 Å². The Kier molecular flexibility index (Phi) is 5.59. The van der Waals surface area contributed by atoms with E-state index in [1.807, 2.05) is 4.90 Å². The summed E-state index contributed by atoms with van der Waals surface area (Å²) in [5.74, 6) is 1.48. The van der Waals surface area contributed by atoms with Gasteiger partial charge in [-0.3, -0.25) is 4.90 Å². The molecule has 3 unspecified atom stereocenters. The standard InChI is InChI=1S/C18H31N3O2/c1-19(2)9-3-4-10-20-11-8-17(14-20)23-18(22)21-12-15-6-5-7-16(15)13-21/h3-4,15-17H,5-14H2,1-2H3/b4-3+. The Morgan fingerprint density at radius 3 is 2.57 bits per heavy atom. The van der Waals surface area contributed by atoms with E-state index in [-0.39, 0.29) is 12.2 Å². The van der Waals surface area contributed by atoms with Crippen molar-refractivity contribution in [2.45, 2.75) is 31.8 Å². The van der Waals surface area contributed by atoms with E-state index in [0.717, 1.165) is 57.5 Å². The van der Waals surface area contributed by atoms with E-state index in [1.165, 1.54) is 19.3 Å².